The van der Waals surface area contributed by atoms with Gasteiger partial charge >= 0.3 is 0 Å². The topological polar surface area (TPSA) is 0 Å². The lowest BCUT2D eigenvalue weighted by atomic mass is 10.0. The van der Waals surface area contributed by atoms with Crippen LogP contribution in [-0.4, -0.2) is 0 Å². The molecule has 3 rings (SSSR count). The fourth-order valence-corrected chi connectivity index (χ4v) is 3.71. The van der Waals surface area contributed by atoms with Crippen LogP contribution < -0.4 is 0 Å². The van der Waals surface area contributed by atoms with Gasteiger partial charge in [-0.05, 0) is 37.0 Å². The molecule has 0 aromatic heterocycles. The second-order valence-electron chi connectivity index (χ2n) is 4.67. The van der Waals surface area contributed by atoms with Crippen molar-refractivity contribution in [3.8, 4) is 0 Å². The van der Waals surface area contributed by atoms with E-state index in [2.05, 4.69) is 55.5 Å². The Balaban J connectivity index is 1.88. The van der Waals surface area contributed by atoms with Gasteiger partial charge < -0.3 is 0 Å². The summed E-state index contributed by atoms with van der Waals surface area (Å²) in [5.41, 5.74) is 4.37. The number of hydrogen-bond acceptors (Lipinski definition) is 1. The number of benzene rings is 2. The summed E-state index contributed by atoms with van der Waals surface area (Å²) in [6.45, 7) is 2.17. The van der Waals surface area contributed by atoms with Crippen molar-refractivity contribution in [1.29, 1.82) is 0 Å². The Morgan fingerprint density at radius 3 is 2.71 bits per heavy atom. The molecule has 0 radical (unpaired) electrons. The van der Waals surface area contributed by atoms with E-state index >= 15 is 0 Å². The van der Waals surface area contributed by atoms with Gasteiger partial charge in [-0.25, -0.2) is 0 Å². The molecule has 0 aliphatic carbocycles. The lowest BCUT2D eigenvalue weighted by Gasteiger charge is -2.24. The molecule has 1 atom stereocenters. The van der Waals surface area contributed by atoms with Crippen molar-refractivity contribution < 1.29 is 0 Å². The number of aryl methyl sites for hydroxylation is 2. The molecule has 0 N–H and O–H groups in total. The van der Waals surface area contributed by atoms with Crippen molar-refractivity contribution in [2.75, 3.05) is 0 Å². The molecular formula is C16H16S. The van der Waals surface area contributed by atoms with E-state index in [0.29, 0.717) is 5.25 Å². The maximum Gasteiger partial charge on any atom is 0.0347 e. The van der Waals surface area contributed by atoms with Crippen LogP contribution >= 0.6 is 11.8 Å². The quantitative estimate of drug-likeness (QED) is 0.691. The fourth-order valence-electron chi connectivity index (χ4n) is 2.42. The molecule has 0 spiro atoms. The molecule has 1 heterocycles. The molecule has 86 valence electrons. The molecule has 1 aliphatic heterocycles. The first-order chi connectivity index (χ1) is 8.33. The zero-order chi connectivity index (χ0) is 11.7. The van der Waals surface area contributed by atoms with E-state index in [9.17, 15) is 0 Å². The fraction of sp³-hybridized carbons (Fsp3) is 0.250. The van der Waals surface area contributed by atoms with Gasteiger partial charge in [0, 0.05) is 10.1 Å². The molecule has 0 fully saturated rings. The zero-order valence-corrected chi connectivity index (χ0v) is 10.8. The second-order valence-corrected chi connectivity index (χ2v) is 5.91. The summed E-state index contributed by atoms with van der Waals surface area (Å²) >= 11 is 2.02. The summed E-state index contributed by atoms with van der Waals surface area (Å²) in [6.07, 6.45) is 2.47. The maximum absolute atomic E-state index is 2.34. The molecule has 1 aliphatic rings. The van der Waals surface area contributed by atoms with Crippen LogP contribution in [0.5, 0.6) is 0 Å². The predicted molar refractivity (Wildman–Crippen MR) is 74.5 cm³/mol. The van der Waals surface area contributed by atoms with Crippen LogP contribution in [0.25, 0.3) is 0 Å². The van der Waals surface area contributed by atoms with Crippen LogP contribution in [0.4, 0.5) is 0 Å². The summed E-state index contributed by atoms with van der Waals surface area (Å²) in [7, 11) is 0. The van der Waals surface area contributed by atoms with Gasteiger partial charge in [-0.2, -0.15) is 0 Å². The average Bonchev–Trinajstić information content (AvgIpc) is 2.39. The van der Waals surface area contributed by atoms with Gasteiger partial charge in [0.2, 0.25) is 0 Å². The predicted octanol–water partition coefficient (Wildman–Crippen LogP) is 4.77. The summed E-state index contributed by atoms with van der Waals surface area (Å²) in [5.74, 6) is 0. The number of thioether (sulfide) groups is 1. The van der Waals surface area contributed by atoms with Gasteiger partial charge in [0.05, 0.1) is 0 Å². The highest BCUT2D eigenvalue weighted by atomic mass is 32.2. The lowest BCUT2D eigenvalue weighted by molar-refractivity contribution is 0.771. The molecule has 0 bridgehead atoms. The minimum atomic E-state index is 0.631. The van der Waals surface area contributed by atoms with E-state index in [-0.39, 0.29) is 0 Å². The van der Waals surface area contributed by atoms with Gasteiger partial charge in [-0.3, -0.25) is 0 Å². The number of hydrogen-bond donors (Lipinski definition) is 0. The molecule has 0 unspecified atom stereocenters. The van der Waals surface area contributed by atoms with E-state index in [4.69, 9.17) is 0 Å². The summed E-state index contributed by atoms with van der Waals surface area (Å²) in [4.78, 5) is 1.47. The minimum Gasteiger partial charge on any atom is -0.118 e. The molecule has 0 nitrogen and oxygen atoms in total. The Bertz CT molecular complexity index is 516. The van der Waals surface area contributed by atoms with Crippen molar-refractivity contribution in [1.82, 2.24) is 0 Å². The normalized spacial score (nSPS) is 18.8. The third kappa shape index (κ3) is 2.25. The Morgan fingerprint density at radius 2 is 1.88 bits per heavy atom. The van der Waals surface area contributed by atoms with Crippen molar-refractivity contribution in [3.63, 3.8) is 0 Å². The zero-order valence-electron chi connectivity index (χ0n) is 10.0. The smallest absolute Gasteiger partial charge is 0.0347 e. The van der Waals surface area contributed by atoms with E-state index in [1.54, 1.807) is 0 Å². The Hall–Kier alpha value is -1.21. The summed E-state index contributed by atoms with van der Waals surface area (Å²) in [5, 5.41) is 0.631. The van der Waals surface area contributed by atoms with Crippen LogP contribution in [0.15, 0.2) is 53.4 Å². The molecule has 1 heteroatoms. The van der Waals surface area contributed by atoms with E-state index in [0.717, 1.165) is 0 Å². The second kappa shape index (κ2) is 4.58. The third-order valence-corrected chi connectivity index (χ3v) is 4.78. The molecule has 0 amide bonds. The Kier molecular flexibility index (Phi) is 2.94. The highest BCUT2D eigenvalue weighted by Crippen LogP contribution is 2.44. The first kappa shape index (κ1) is 10.9. The van der Waals surface area contributed by atoms with Crippen molar-refractivity contribution in [2.24, 2.45) is 0 Å². The largest absolute Gasteiger partial charge is 0.118 e. The Morgan fingerprint density at radius 1 is 1.06 bits per heavy atom. The van der Waals surface area contributed by atoms with Crippen LogP contribution in [0.3, 0.4) is 0 Å². The molecule has 2 aromatic carbocycles. The van der Waals surface area contributed by atoms with E-state index < -0.39 is 0 Å². The monoisotopic (exact) mass is 240 g/mol. The molecule has 0 saturated heterocycles. The van der Waals surface area contributed by atoms with Gasteiger partial charge in [0.1, 0.15) is 0 Å². The van der Waals surface area contributed by atoms with E-state index in [1.165, 1.54) is 34.4 Å². The first-order valence-electron chi connectivity index (χ1n) is 6.14. The minimum absolute atomic E-state index is 0.631. The van der Waals surface area contributed by atoms with Crippen LogP contribution in [0.2, 0.25) is 0 Å². The first-order valence-corrected chi connectivity index (χ1v) is 7.02. The SMILES string of the molecule is Cc1ccc2c(c1)CC[C@H](c1ccccc1)S2. The van der Waals surface area contributed by atoms with Crippen LogP contribution in [-0.2, 0) is 6.42 Å². The summed E-state index contributed by atoms with van der Waals surface area (Å²) < 4.78 is 0. The van der Waals surface area contributed by atoms with Crippen molar-refractivity contribution in [3.05, 3.63) is 65.2 Å². The average molecular weight is 240 g/mol. The third-order valence-electron chi connectivity index (χ3n) is 3.33. The van der Waals surface area contributed by atoms with Crippen molar-refractivity contribution in [2.45, 2.75) is 29.9 Å². The highest BCUT2D eigenvalue weighted by Gasteiger charge is 2.20. The van der Waals surface area contributed by atoms with E-state index in [1.807, 2.05) is 11.8 Å². The molecule has 2 aromatic rings. The van der Waals surface area contributed by atoms with Crippen LogP contribution in [0.1, 0.15) is 28.4 Å². The molecule has 17 heavy (non-hydrogen) atoms. The molecule has 0 saturated carbocycles. The lowest BCUT2D eigenvalue weighted by Crippen LogP contribution is -2.04. The van der Waals surface area contributed by atoms with Gasteiger partial charge in [0.15, 0.2) is 0 Å². The Labute approximate surface area is 107 Å². The summed E-state index contributed by atoms with van der Waals surface area (Å²) in [6, 6.07) is 17.7. The highest BCUT2D eigenvalue weighted by molar-refractivity contribution is 7.99. The van der Waals surface area contributed by atoms with Crippen LogP contribution in [0, 0.1) is 6.92 Å². The van der Waals surface area contributed by atoms with Gasteiger partial charge in [0.25, 0.3) is 0 Å². The van der Waals surface area contributed by atoms with Gasteiger partial charge in [-0.15, -0.1) is 11.8 Å². The standard InChI is InChI=1S/C16H16S/c1-12-7-9-16-14(11-12)8-10-15(17-16)13-5-3-2-4-6-13/h2-7,9,11,15H,8,10H2,1H3/t15-/m1/s1. The molecular weight excluding hydrogens is 224 g/mol. The number of fused-ring (bicyclic) bond motifs is 1. The van der Waals surface area contributed by atoms with Gasteiger partial charge in [-0.1, -0.05) is 48.0 Å². The van der Waals surface area contributed by atoms with Crippen molar-refractivity contribution >= 4 is 11.8 Å². The number of rotatable bonds is 1. The maximum atomic E-state index is 2.34.